The summed E-state index contributed by atoms with van der Waals surface area (Å²) in [6, 6.07) is 1.05. The van der Waals surface area contributed by atoms with Gasteiger partial charge in [-0.25, -0.2) is 14.8 Å². The molecule has 0 spiro atoms. The Balaban J connectivity index is 1.84. The largest absolute Gasteiger partial charge is 0.435 e. The van der Waals surface area contributed by atoms with Crippen molar-refractivity contribution in [3.8, 4) is 0 Å². The van der Waals surface area contributed by atoms with Gasteiger partial charge in [0, 0.05) is 20.9 Å². The van der Waals surface area contributed by atoms with E-state index in [2.05, 4.69) is 34.6 Å². The van der Waals surface area contributed by atoms with Crippen LogP contribution in [-0.4, -0.2) is 42.4 Å². The third kappa shape index (κ3) is 3.88. The van der Waals surface area contributed by atoms with Crippen molar-refractivity contribution in [2.75, 3.05) is 13.4 Å². The van der Waals surface area contributed by atoms with Crippen molar-refractivity contribution >= 4 is 25.1 Å². The lowest BCUT2D eigenvalue weighted by molar-refractivity contribution is -0.0274. The van der Waals surface area contributed by atoms with Crippen LogP contribution in [0.4, 0.5) is 0 Å². The number of ether oxygens (including phenoxy) is 2. The van der Waals surface area contributed by atoms with Gasteiger partial charge >= 0.3 is 5.97 Å². The van der Waals surface area contributed by atoms with Crippen LogP contribution in [0.3, 0.4) is 0 Å². The first kappa shape index (κ1) is 14.7. The van der Waals surface area contributed by atoms with Gasteiger partial charge in [-0.3, -0.25) is 0 Å². The van der Waals surface area contributed by atoms with Crippen LogP contribution in [0.5, 0.6) is 0 Å². The van der Waals surface area contributed by atoms with Gasteiger partial charge in [0.2, 0.25) is 0 Å². The van der Waals surface area contributed by atoms with Crippen molar-refractivity contribution in [3.05, 3.63) is 24.3 Å². The van der Waals surface area contributed by atoms with E-state index in [0.717, 1.165) is 6.04 Å². The Labute approximate surface area is 118 Å². The Bertz CT molecular complexity index is 592. The van der Waals surface area contributed by atoms with Crippen LogP contribution in [-0.2, 0) is 9.47 Å². The zero-order valence-electron chi connectivity index (χ0n) is 12.0. The molecule has 0 saturated carbocycles. The molecule has 20 heavy (non-hydrogen) atoms. The van der Waals surface area contributed by atoms with E-state index in [-0.39, 0.29) is 6.79 Å². The van der Waals surface area contributed by atoms with Crippen molar-refractivity contribution < 1.29 is 14.3 Å². The fraction of sp³-hybridized carbons (Fsp3) is 0.462. The summed E-state index contributed by atoms with van der Waals surface area (Å²) in [5.41, 5.74) is 1.67. The number of H-pyrrole nitrogens is 1. The van der Waals surface area contributed by atoms with Gasteiger partial charge in [0.1, 0.15) is 17.4 Å². The van der Waals surface area contributed by atoms with Crippen molar-refractivity contribution in [1.82, 2.24) is 15.0 Å². The number of aromatic amines is 1. The van der Waals surface area contributed by atoms with Crippen LogP contribution in [0.25, 0.3) is 11.0 Å². The highest BCUT2D eigenvalue weighted by Crippen LogP contribution is 2.15. The maximum absolute atomic E-state index is 11.9. The fourth-order valence-electron chi connectivity index (χ4n) is 1.63. The summed E-state index contributed by atoms with van der Waals surface area (Å²) in [4.78, 5) is 22.8. The molecular formula is C13H19N3O3Si. The number of nitrogens with zero attached hydrogens (tertiary/aromatic N) is 2. The molecule has 2 heterocycles. The van der Waals surface area contributed by atoms with E-state index in [1.165, 1.54) is 6.33 Å². The van der Waals surface area contributed by atoms with Gasteiger partial charge < -0.3 is 14.5 Å². The summed E-state index contributed by atoms with van der Waals surface area (Å²) >= 11 is 0. The molecule has 0 fully saturated rings. The third-order valence-corrected chi connectivity index (χ3v) is 4.53. The highest BCUT2D eigenvalue weighted by atomic mass is 28.3. The Kier molecular flexibility index (Phi) is 4.51. The molecule has 0 amide bonds. The molecule has 2 aromatic rings. The molecule has 1 N–H and O–H groups in total. The van der Waals surface area contributed by atoms with E-state index in [0.29, 0.717) is 23.2 Å². The van der Waals surface area contributed by atoms with Crippen LogP contribution >= 0.6 is 0 Å². The molecule has 0 unspecified atom stereocenters. The average Bonchev–Trinajstić information content (AvgIpc) is 2.80. The first-order valence-corrected chi connectivity index (χ1v) is 10.2. The topological polar surface area (TPSA) is 77.1 Å². The number of aromatic nitrogens is 3. The number of rotatable bonds is 6. The van der Waals surface area contributed by atoms with Crippen LogP contribution < -0.4 is 0 Å². The van der Waals surface area contributed by atoms with Crippen molar-refractivity contribution in [1.29, 1.82) is 0 Å². The molecule has 0 saturated heterocycles. The van der Waals surface area contributed by atoms with E-state index in [9.17, 15) is 4.79 Å². The molecule has 0 aliphatic carbocycles. The van der Waals surface area contributed by atoms with E-state index < -0.39 is 14.0 Å². The third-order valence-electron chi connectivity index (χ3n) is 2.83. The number of fused-ring (bicyclic) bond motifs is 1. The minimum atomic E-state index is -1.11. The highest BCUT2D eigenvalue weighted by Gasteiger charge is 2.15. The molecule has 0 aliphatic rings. The molecule has 0 atom stereocenters. The summed E-state index contributed by atoms with van der Waals surface area (Å²) in [6.45, 7) is 7.41. The predicted molar refractivity (Wildman–Crippen MR) is 78.3 cm³/mol. The van der Waals surface area contributed by atoms with Gasteiger partial charge in [-0.1, -0.05) is 19.6 Å². The van der Waals surface area contributed by atoms with Crippen molar-refractivity contribution in [2.24, 2.45) is 0 Å². The number of carbonyl (C=O) groups is 1. The summed E-state index contributed by atoms with van der Waals surface area (Å²) in [7, 11) is -1.11. The standard InChI is InChI=1S/C13H19N3O3Si/c1-20(2,3)5-4-18-9-19-13(17)10-6-15-11-7-14-8-16-12(10)11/h6-8,15H,4-5,9H2,1-3H3. The van der Waals surface area contributed by atoms with Gasteiger partial charge in [-0.2, -0.15) is 0 Å². The summed E-state index contributed by atoms with van der Waals surface area (Å²) in [5, 5.41) is 0. The van der Waals surface area contributed by atoms with Gasteiger partial charge in [0.25, 0.3) is 0 Å². The minimum absolute atomic E-state index is 0.0267. The van der Waals surface area contributed by atoms with Gasteiger partial charge in [-0.05, 0) is 6.04 Å². The highest BCUT2D eigenvalue weighted by molar-refractivity contribution is 6.76. The number of nitrogens with one attached hydrogen (secondary N) is 1. The summed E-state index contributed by atoms with van der Waals surface area (Å²) in [6.07, 6.45) is 4.59. The van der Waals surface area contributed by atoms with Crippen LogP contribution in [0, 0.1) is 0 Å². The molecule has 2 rings (SSSR count). The van der Waals surface area contributed by atoms with Gasteiger partial charge in [0.15, 0.2) is 6.79 Å². The quantitative estimate of drug-likeness (QED) is 0.383. The Morgan fingerprint density at radius 2 is 2.20 bits per heavy atom. The van der Waals surface area contributed by atoms with Crippen molar-refractivity contribution in [2.45, 2.75) is 25.7 Å². The zero-order valence-corrected chi connectivity index (χ0v) is 13.0. The summed E-state index contributed by atoms with van der Waals surface area (Å²) < 4.78 is 10.4. The summed E-state index contributed by atoms with van der Waals surface area (Å²) in [5.74, 6) is -0.442. The number of hydrogen-bond donors (Lipinski definition) is 1. The number of carbonyl (C=O) groups excluding carboxylic acids is 1. The Morgan fingerprint density at radius 1 is 1.40 bits per heavy atom. The van der Waals surface area contributed by atoms with Crippen LogP contribution in [0.1, 0.15) is 10.4 Å². The maximum Gasteiger partial charge on any atom is 0.344 e. The molecule has 7 heteroatoms. The van der Waals surface area contributed by atoms with E-state index >= 15 is 0 Å². The minimum Gasteiger partial charge on any atom is -0.435 e. The van der Waals surface area contributed by atoms with Gasteiger partial charge in [-0.15, -0.1) is 0 Å². The Hall–Kier alpha value is -1.73. The second kappa shape index (κ2) is 6.15. The van der Waals surface area contributed by atoms with E-state index in [4.69, 9.17) is 9.47 Å². The average molecular weight is 293 g/mol. The molecule has 0 aromatic carbocycles. The number of hydrogen-bond acceptors (Lipinski definition) is 5. The van der Waals surface area contributed by atoms with Crippen LogP contribution in [0.2, 0.25) is 25.7 Å². The SMILES string of the molecule is C[Si](C)(C)CCOCOC(=O)c1c[nH]c2cncnc12. The molecule has 0 aliphatic heterocycles. The first-order chi connectivity index (χ1) is 9.47. The monoisotopic (exact) mass is 293 g/mol. The predicted octanol–water partition coefficient (Wildman–Crippen LogP) is 2.43. The smallest absolute Gasteiger partial charge is 0.344 e. The maximum atomic E-state index is 11.9. The second-order valence-electron chi connectivity index (χ2n) is 5.76. The second-order valence-corrected chi connectivity index (χ2v) is 11.4. The fourth-order valence-corrected chi connectivity index (χ4v) is 2.39. The van der Waals surface area contributed by atoms with E-state index in [1.807, 2.05) is 0 Å². The molecular weight excluding hydrogens is 274 g/mol. The molecule has 108 valence electrons. The normalized spacial score (nSPS) is 11.8. The van der Waals surface area contributed by atoms with E-state index in [1.54, 1.807) is 12.4 Å². The lowest BCUT2D eigenvalue weighted by Gasteiger charge is -2.15. The van der Waals surface area contributed by atoms with Gasteiger partial charge in [0.05, 0.1) is 11.7 Å². The molecule has 6 nitrogen and oxygen atoms in total. The Morgan fingerprint density at radius 3 is 2.95 bits per heavy atom. The first-order valence-electron chi connectivity index (χ1n) is 6.49. The molecule has 0 bridgehead atoms. The molecule has 2 aromatic heterocycles. The van der Waals surface area contributed by atoms with Crippen molar-refractivity contribution in [3.63, 3.8) is 0 Å². The van der Waals surface area contributed by atoms with Crippen LogP contribution in [0.15, 0.2) is 18.7 Å². The molecule has 0 radical (unpaired) electrons. The number of esters is 1. The lowest BCUT2D eigenvalue weighted by Crippen LogP contribution is -2.22. The lowest BCUT2D eigenvalue weighted by atomic mass is 10.3. The zero-order chi connectivity index (χ0) is 14.6.